The molecule has 0 saturated carbocycles. The predicted octanol–water partition coefficient (Wildman–Crippen LogP) is 3.25. The molecule has 0 amide bonds. The van der Waals surface area contributed by atoms with E-state index in [1.807, 2.05) is 0 Å². The molecule has 0 radical (unpaired) electrons. The number of aryl methyl sites for hydroxylation is 1. The van der Waals surface area contributed by atoms with E-state index in [4.69, 9.17) is 0 Å². The molecule has 0 aliphatic heterocycles. The maximum atomic E-state index is 12.4. The molecular formula is C8H5F5N2O2. The number of rotatable bonds is 2. The smallest absolute Gasteiger partial charge is 0.258 e. The van der Waals surface area contributed by atoms with Crippen LogP contribution in [0.15, 0.2) is 6.07 Å². The summed E-state index contributed by atoms with van der Waals surface area (Å²) < 4.78 is 61.8. The van der Waals surface area contributed by atoms with Gasteiger partial charge in [0.2, 0.25) is 5.69 Å². The van der Waals surface area contributed by atoms with Crippen molar-refractivity contribution in [1.82, 2.24) is 4.98 Å². The number of nitro groups is 1. The highest BCUT2D eigenvalue weighted by molar-refractivity contribution is 5.42. The van der Waals surface area contributed by atoms with Crippen LogP contribution in [-0.2, 0) is 6.18 Å². The second-order valence-electron chi connectivity index (χ2n) is 3.11. The molecule has 1 aromatic rings. The number of hydrogen-bond donors (Lipinski definition) is 0. The van der Waals surface area contributed by atoms with E-state index >= 15 is 0 Å². The summed E-state index contributed by atoms with van der Waals surface area (Å²) >= 11 is 0. The molecular weight excluding hydrogens is 251 g/mol. The Morgan fingerprint density at radius 3 is 2.29 bits per heavy atom. The summed E-state index contributed by atoms with van der Waals surface area (Å²) in [7, 11) is 0. The molecule has 0 saturated heterocycles. The third-order valence-electron chi connectivity index (χ3n) is 1.90. The standard InChI is InChI=1S/C8H5F5N2O2/c1-3-2-4(15(16)17)6(8(11,12)13)14-5(3)7(9)10/h2,7H,1H3. The molecule has 0 aliphatic carbocycles. The van der Waals surface area contributed by atoms with Gasteiger partial charge in [-0.05, 0) is 12.5 Å². The van der Waals surface area contributed by atoms with Crippen LogP contribution in [0.5, 0.6) is 0 Å². The van der Waals surface area contributed by atoms with E-state index in [1.54, 1.807) is 0 Å². The average molecular weight is 256 g/mol. The van der Waals surface area contributed by atoms with Gasteiger partial charge in [0.25, 0.3) is 12.1 Å². The molecule has 94 valence electrons. The van der Waals surface area contributed by atoms with Crippen LogP contribution in [0.1, 0.15) is 23.4 Å². The molecule has 0 fully saturated rings. The lowest BCUT2D eigenvalue weighted by Crippen LogP contribution is -2.14. The van der Waals surface area contributed by atoms with Crippen LogP contribution in [0.25, 0.3) is 0 Å². The lowest BCUT2D eigenvalue weighted by Gasteiger charge is -2.10. The minimum atomic E-state index is -5.15. The Labute approximate surface area is 91.2 Å². The zero-order chi connectivity index (χ0) is 13.4. The molecule has 17 heavy (non-hydrogen) atoms. The topological polar surface area (TPSA) is 56.0 Å². The number of aromatic nitrogens is 1. The molecule has 1 heterocycles. The molecule has 0 unspecified atom stereocenters. The molecule has 9 heteroatoms. The SMILES string of the molecule is Cc1cc([N+](=O)[O-])c(C(F)(F)F)nc1C(F)F. The van der Waals surface area contributed by atoms with Crippen LogP contribution in [0.2, 0.25) is 0 Å². The Kier molecular flexibility index (Phi) is 3.30. The fourth-order valence-electron chi connectivity index (χ4n) is 1.18. The highest BCUT2D eigenvalue weighted by Gasteiger charge is 2.41. The second-order valence-corrected chi connectivity index (χ2v) is 3.11. The monoisotopic (exact) mass is 256 g/mol. The first-order chi connectivity index (χ1) is 7.64. The summed E-state index contributed by atoms with van der Waals surface area (Å²) in [6.45, 7) is 1.03. The summed E-state index contributed by atoms with van der Waals surface area (Å²) in [5.74, 6) is 0. The van der Waals surface area contributed by atoms with Crippen LogP contribution in [0.4, 0.5) is 27.6 Å². The Morgan fingerprint density at radius 2 is 1.94 bits per heavy atom. The number of halogens is 5. The number of nitrogens with zero attached hydrogens (tertiary/aromatic N) is 2. The zero-order valence-corrected chi connectivity index (χ0v) is 8.26. The first kappa shape index (κ1) is 13.3. The Hall–Kier alpha value is -1.80. The predicted molar refractivity (Wildman–Crippen MR) is 45.6 cm³/mol. The van der Waals surface area contributed by atoms with Gasteiger partial charge in [-0.1, -0.05) is 0 Å². The van der Waals surface area contributed by atoms with Crippen molar-refractivity contribution < 1.29 is 26.9 Å². The van der Waals surface area contributed by atoms with Crippen LogP contribution >= 0.6 is 0 Å². The van der Waals surface area contributed by atoms with Crippen LogP contribution in [0, 0.1) is 17.0 Å². The summed E-state index contributed by atoms with van der Waals surface area (Å²) in [5.41, 5.74) is -4.72. The van der Waals surface area contributed by atoms with Crippen LogP contribution in [-0.4, -0.2) is 9.91 Å². The first-order valence-corrected chi connectivity index (χ1v) is 4.16. The first-order valence-electron chi connectivity index (χ1n) is 4.16. The van der Waals surface area contributed by atoms with Crippen LogP contribution < -0.4 is 0 Å². The number of pyridine rings is 1. The number of hydrogen-bond acceptors (Lipinski definition) is 3. The summed E-state index contributed by atoms with van der Waals surface area (Å²) in [4.78, 5) is 11.7. The van der Waals surface area contributed by atoms with Gasteiger partial charge in [0.05, 0.1) is 4.92 Å². The highest BCUT2D eigenvalue weighted by Crippen LogP contribution is 2.37. The van der Waals surface area contributed by atoms with Crippen molar-refractivity contribution in [3.05, 3.63) is 33.1 Å². The molecule has 0 N–H and O–H groups in total. The van der Waals surface area contributed by atoms with Gasteiger partial charge < -0.3 is 0 Å². The molecule has 0 aromatic carbocycles. The third-order valence-corrected chi connectivity index (χ3v) is 1.90. The number of alkyl halides is 5. The van der Waals surface area contributed by atoms with Gasteiger partial charge in [-0.3, -0.25) is 10.1 Å². The van der Waals surface area contributed by atoms with Gasteiger partial charge in [0.1, 0.15) is 5.69 Å². The second kappa shape index (κ2) is 4.22. The maximum absolute atomic E-state index is 12.4. The van der Waals surface area contributed by atoms with Crippen molar-refractivity contribution in [2.45, 2.75) is 19.5 Å². The molecule has 4 nitrogen and oxygen atoms in total. The maximum Gasteiger partial charge on any atom is 0.440 e. The zero-order valence-electron chi connectivity index (χ0n) is 8.26. The summed E-state index contributed by atoms with van der Waals surface area (Å²) in [6.07, 6.45) is -8.38. The Bertz CT molecular complexity index is 458. The average Bonchev–Trinajstić information content (AvgIpc) is 2.14. The lowest BCUT2D eigenvalue weighted by atomic mass is 10.1. The van der Waals surface area contributed by atoms with E-state index < -0.39 is 34.6 Å². The van der Waals surface area contributed by atoms with Crippen molar-refractivity contribution in [2.24, 2.45) is 0 Å². The lowest BCUT2D eigenvalue weighted by molar-refractivity contribution is -0.388. The fourth-order valence-corrected chi connectivity index (χ4v) is 1.18. The van der Waals surface area contributed by atoms with Crippen molar-refractivity contribution in [2.75, 3.05) is 0 Å². The van der Waals surface area contributed by atoms with E-state index in [9.17, 15) is 32.1 Å². The van der Waals surface area contributed by atoms with Crippen molar-refractivity contribution in [1.29, 1.82) is 0 Å². The van der Waals surface area contributed by atoms with E-state index in [2.05, 4.69) is 4.98 Å². The van der Waals surface area contributed by atoms with E-state index in [0.29, 0.717) is 6.07 Å². The minimum absolute atomic E-state index is 0.361. The van der Waals surface area contributed by atoms with Crippen molar-refractivity contribution >= 4 is 5.69 Å². The highest BCUT2D eigenvalue weighted by atomic mass is 19.4. The summed E-state index contributed by atoms with van der Waals surface area (Å²) in [6, 6.07) is 0.442. The third kappa shape index (κ3) is 2.66. The van der Waals surface area contributed by atoms with E-state index in [-0.39, 0.29) is 5.56 Å². The Balaban J connectivity index is 3.54. The molecule has 1 aromatic heterocycles. The van der Waals surface area contributed by atoms with Gasteiger partial charge >= 0.3 is 6.18 Å². The largest absolute Gasteiger partial charge is 0.440 e. The van der Waals surface area contributed by atoms with Crippen molar-refractivity contribution in [3.8, 4) is 0 Å². The normalized spacial score (nSPS) is 11.9. The van der Waals surface area contributed by atoms with E-state index in [1.165, 1.54) is 0 Å². The van der Waals surface area contributed by atoms with Crippen LogP contribution in [0.3, 0.4) is 0 Å². The van der Waals surface area contributed by atoms with Gasteiger partial charge in [-0.25, -0.2) is 13.8 Å². The van der Waals surface area contributed by atoms with E-state index in [0.717, 1.165) is 6.92 Å². The molecule has 1 rings (SSSR count). The van der Waals surface area contributed by atoms with Crippen molar-refractivity contribution in [3.63, 3.8) is 0 Å². The Morgan fingerprint density at radius 1 is 1.41 bits per heavy atom. The van der Waals surface area contributed by atoms with Gasteiger partial charge in [0, 0.05) is 6.07 Å². The molecule has 0 atom stereocenters. The molecule has 0 bridgehead atoms. The minimum Gasteiger partial charge on any atom is -0.258 e. The fraction of sp³-hybridized carbons (Fsp3) is 0.375. The van der Waals surface area contributed by atoms with Gasteiger partial charge in [-0.15, -0.1) is 0 Å². The molecule has 0 aliphatic rings. The quantitative estimate of drug-likeness (QED) is 0.463. The van der Waals surface area contributed by atoms with Gasteiger partial charge in [-0.2, -0.15) is 13.2 Å². The summed E-state index contributed by atoms with van der Waals surface area (Å²) in [5, 5.41) is 10.4. The van der Waals surface area contributed by atoms with Gasteiger partial charge in [0.15, 0.2) is 0 Å². The molecule has 0 spiro atoms.